The Bertz CT molecular complexity index is 583. The first-order valence-corrected chi connectivity index (χ1v) is 7.82. The smallest absolute Gasteiger partial charge is 0.141 e. The van der Waals surface area contributed by atoms with Gasteiger partial charge in [0.15, 0.2) is 0 Å². The van der Waals surface area contributed by atoms with Gasteiger partial charge in [0.25, 0.3) is 0 Å². The van der Waals surface area contributed by atoms with Gasteiger partial charge < -0.3 is 10.1 Å². The molecule has 2 nitrogen and oxygen atoms in total. The van der Waals surface area contributed by atoms with Gasteiger partial charge in [0.1, 0.15) is 12.4 Å². The van der Waals surface area contributed by atoms with Crippen molar-refractivity contribution < 1.29 is 4.74 Å². The van der Waals surface area contributed by atoms with E-state index in [1.807, 2.05) is 24.3 Å². The number of benzene rings is 2. The van der Waals surface area contributed by atoms with E-state index in [0.29, 0.717) is 17.7 Å². The largest absolute Gasteiger partial charge is 0.487 e. The summed E-state index contributed by atoms with van der Waals surface area (Å²) in [5.41, 5.74) is 3.51. The van der Waals surface area contributed by atoms with Gasteiger partial charge in [-0.15, -0.1) is 0 Å². The Morgan fingerprint density at radius 3 is 2.71 bits per heavy atom. The highest BCUT2D eigenvalue weighted by Gasteiger charge is 2.18. The lowest BCUT2D eigenvalue weighted by atomic mass is 10.0. The average molecular weight is 302 g/mol. The van der Waals surface area contributed by atoms with Gasteiger partial charge >= 0.3 is 0 Å². The van der Waals surface area contributed by atoms with Crippen molar-refractivity contribution in [1.82, 2.24) is 5.32 Å². The molecule has 1 N–H and O–H groups in total. The molecule has 0 amide bonds. The second kappa shape index (κ2) is 6.50. The minimum absolute atomic E-state index is 0.435. The summed E-state index contributed by atoms with van der Waals surface area (Å²) in [5, 5.41) is 4.21. The van der Waals surface area contributed by atoms with E-state index < -0.39 is 0 Å². The molecule has 0 saturated carbocycles. The molecule has 3 heteroatoms. The zero-order chi connectivity index (χ0) is 14.7. The second-order valence-corrected chi connectivity index (χ2v) is 5.98. The first-order valence-electron chi connectivity index (χ1n) is 7.44. The van der Waals surface area contributed by atoms with Crippen LogP contribution < -0.4 is 10.1 Å². The van der Waals surface area contributed by atoms with E-state index in [9.17, 15) is 0 Å². The molecule has 1 heterocycles. The molecule has 3 rings (SSSR count). The Morgan fingerprint density at radius 1 is 1.24 bits per heavy atom. The summed E-state index contributed by atoms with van der Waals surface area (Å²) in [6.45, 7) is 3.70. The van der Waals surface area contributed by atoms with Crippen LogP contribution in [0.2, 0.25) is 5.02 Å². The van der Waals surface area contributed by atoms with Crippen LogP contribution in [-0.4, -0.2) is 6.54 Å². The molecule has 2 aromatic rings. The van der Waals surface area contributed by atoms with Crippen molar-refractivity contribution in [2.45, 2.75) is 32.4 Å². The number of ether oxygens (including phenoxy) is 1. The maximum atomic E-state index is 6.43. The molecule has 0 aliphatic carbocycles. The molecular formula is C18H20ClNO. The van der Waals surface area contributed by atoms with Crippen LogP contribution in [0.3, 0.4) is 0 Å². The van der Waals surface area contributed by atoms with Gasteiger partial charge in [-0.05, 0) is 49.1 Å². The number of rotatable bonds is 4. The first-order chi connectivity index (χ1) is 10.2. The topological polar surface area (TPSA) is 21.3 Å². The highest BCUT2D eigenvalue weighted by Crippen LogP contribution is 2.34. The molecule has 1 fully saturated rings. The highest BCUT2D eigenvalue weighted by molar-refractivity contribution is 6.32. The summed E-state index contributed by atoms with van der Waals surface area (Å²) in [6, 6.07) is 14.8. The van der Waals surface area contributed by atoms with Crippen LogP contribution >= 0.6 is 11.6 Å². The summed E-state index contributed by atoms with van der Waals surface area (Å²) < 4.78 is 5.92. The summed E-state index contributed by atoms with van der Waals surface area (Å²) in [7, 11) is 0. The van der Waals surface area contributed by atoms with Crippen molar-refractivity contribution in [2.75, 3.05) is 6.54 Å². The van der Waals surface area contributed by atoms with Crippen LogP contribution in [0.1, 0.15) is 35.6 Å². The number of hydrogen-bond acceptors (Lipinski definition) is 2. The molecule has 110 valence electrons. The Balaban J connectivity index is 1.76. The van der Waals surface area contributed by atoms with E-state index in [0.717, 1.165) is 23.4 Å². The summed E-state index contributed by atoms with van der Waals surface area (Å²) in [4.78, 5) is 0. The van der Waals surface area contributed by atoms with Crippen molar-refractivity contribution in [3.63, 3.8) is 0 Å². The molecule has 0 radical (unpaired) electrons. The zero-order valence-corrected chi connectivity index (χ0v) is 13.0. The van der Waals surface area contributed by atoms with Crippen LogP contribution in [0, 0.1) is 6.92 Å². The fraction of sp³-hybridized carbons (Fsp3) is 0.333. The number of nitrogens with one attached hydrogen (secondary N) is 1. The third kappa shape index (κ3) is 3.39. The second-order valence-electron chi connectivity index (χ2n) is 5.57. The van der Waals surface area contributed by atoms with E-state index in [4.69, 9.17) is 16.3 Å². The standard InChI is InChI=1S/C18H20ClNO/c1-13-10-15(17-8-5-9-20-17)11-16(19)18(13)21-12-14-6-3-2-4-7-14/h2-4,6-7,10-11,17,20H,5,8-9,12H2,1H3. The molecule has 1 aliphatic rings. The Morgan fingerprint density at radius 2 is 2.05 bits per heavy atom. The fourth-order valence-electron chi connectivity index (χ4n) is 2.84. The molecule has 0 spiro atoms. The minimum atomic E-state index is 0.435. The summed E-state index contributed by atoms with van der Waals surface area (Å²) in [5.74, 6) is 0.794. The van der Waals surface area contributed by atoms with Crippen LogP contribution in [-0.2, 0) is 6.61 Å². The van der Waals surface area contributed by atoms with Gasteiger partial charge in [0, 0.05) is 6.04 Å². The molecule has 1 saturated heterocycles. The minimum Gasteiger partial charge on any atom is -0.487 e. The SMILES string of the molecule is Cc1cc(C2CCCN2)cc(Cl)c1OCc1ccccc1. The molecule has 1 unspecified atom stereocenters. The maximum Gasteiger partial charge on any atom is 0.141 e. The van der Waals surface area contributed by atoms with E-state index in [2.05, 4.69) is 30.4 Å². The van der Waals surface area contributed by atoms with Crippen molar-refractivity contribution in [2.24, 2.45) is 0 Å². The number of hydrogen-bond donors (Lipinski definition) is 1. The van der Waals surface area contributed by atoms with Gasteiger partial charge in [-0.1, -0.05) is 48.0 Å². The van der Waals surface area contributed by atoms with E-state index in [-0.39, 0.29) is 0 Å². The Labute approximate surface area is 131 Å². The molecule has 0 bridgehead atoms. The maximum absolute atomic E-state index is 6.43. The molecule has 1 atom stereocenters. The lowest BCUT2D eigenvalue weighted by Gasteiger charge is -2.16. The van der Waals surface area contributed by atoms with Gasteiger partial charge in [-0.2, -0.15) is 0 Å². The molecule has 2 aromatic carbocycles. The molecule has 1 aliphatic heterocycles. The van der Waals surface area contributed by atoms with Crippen molar-refractivity contribution >= 4 is 11.6 Å². The van der Waals surface area contributed by atoms with E-state index in [1.165, 1.54) is 18.4 Å². The van der Waals surface area contributed by atoms with Crippen molar-refractivity contribution in [3.8, 4) is 5.75 Å². The fourth-order valence-corrected chi connectivity index (χ4v) is 3.17. The Hall–Kier alpha value is -1.51. The number of aryl methyl sites for hydroxylation is 1. The predicted octanol–water partition coefficient (Wildman–Crippen LogP) is 4.65. The van der Waals surface area contributed by atoms with Crippen molar-refractivity contribution in [1.29, 1.82) is 0 Å². The molecule has 21 heavy (non-hydrogen) atoms. The van der Waals surface area contributed by atoms with Gasteiger partial charge in [-0.3, -0.25) is 0 Å². The van der Waals surface area contributed by atoms with Gasteiger partial charge in [0.2, 0.25) is 0 Å². The third-order valence-corrected chi connectivity index (χ3v) is 4.22. The van der Waals surface area contributed by atoms with Crippen LogP contribution in [0.4, 0.5) is 0 Å². The van der Waals surface area contributed by atoms with Gasteiger partial charge in [-0.25, -0.2) is 0 Å². The Kier molecular flexibility index (Phi) is 4.47. The van der Waals surface area contributed by atoms with Crippen molar-refractivity contribution in [3.05, 3.63) is 64.2 Å². The lowest BCUT2D eigenvalue weighted by Crippen LogP contribution is -2.13. The number of halogens is 1. The monoisotopic (exact) mass is 301 g/mol. The van der Waals surface area contributed by atoms with E-state index >= 15 is 0 Å². The first kappa shape index (κ1) is 14.4. The summed E-state index contributed by atoms with van der Waals surface area (Å²) in [6.07, 6.45) is 2.41. The van der Waals surface area contributed by atoms with Crippen LogP contribution in [0.5, 0.6) is 5.75 Å². The highest BCUT2D eigenvalue weighted by atomic mass is 35.5. The lowest BCUT2D eigenvalue weighted by molar-refractivity contribution is 0.304. The molecular weight excluding hydrogens is 282 g/mol. The predicted molar refractivity (Wildman–Crippen MR) is 86.9 cm³/mol. The summed E-state index contributed by atoms with van der Waals surface area (Å²) >= 11 is 6.43. The van der Waals surface area contributed by atoms with Crippen LogP contribution in [0.15, 0.2) is 42.5 Å². The van der Waals surface area contributed by atoms with E-state index in [1.54, 1.807) is 0 Å². The molecule has 0 aromatic heterocycles. The normalized spacial score (nSPS) is 17.9. The zero-order valence-electron chi connectivity index (χ0n) is 12.2. The average Bonchev–Trinajstić information content (AvgIpc) is 3.01. The van der Waals surface area contributed by atoms with Crippen LogP contribution in [0.25, 0.3) is 0 Å². The van der Waals surface area contributed by atoms with Gasteiger partial charge in [0.05, 0.1) is 5.02 Å². The third-order valence-electron chi connectivity index (χ3n) is 3.94. The quantitative estimate of drug-likeness (QED) is 0.887.